The van der Waals surface area contributed by atoms with E-state index in [0.717, 1.165) is 56.7 Å². The Balaban J connectivity index is 1.56. The highest BCUT2D eigenvalue weighted by atomic mass is 16.5. The number of hydrogen-bond acceptors (Lipinski definition) is 3. The van der Waals surface area contributed by atoms with Crippen molar-refractivity contribution in [3.05, 3.63) is 34.9 Å². The number of likely N-dealkylation sites (tertiary alicyclic amines) is 1. The van der Waals surface area contributed by atoms with E-state index in [4.69, 9.17) is 9.47 Å². The number of amides is 1. The molecule has 3 rings (SSSR count). The molecule has 4 heteroatoms. The summed E-state index contributed by atoms with van der Waals surface area (Å²) < 4.78 is 11.4. The SMILES string of the molecule is Cc1cccc(C(=O)N2CCC(O[C@H]3CCOC3)CC2)c1C. The molecule has 2 aliphatic heterocycles. The molecule has 2 fully saturated rings. The average molecular weight is 303 g/mol. The van der Waals surface area contributed by atoms with Gasteiger partial charge in [-0.1, -0.05) is 12.1 Å². The van der Waals surface area contributed by atoms with Crippen molar-refractivity contribution in [1.82, 2.24) is 4.90 Å². The minimum absolute atomic E-state index is 0.156. The topological polar surface area (TPSA) is 38.8 Å². The smallest absolute Gasteiger partial charge is 0.254 e. The van der Waals surface area contributed by atoms with Crippen molar-refractivity contribution >= 4 is 5.91 Å². The number of hydrogen-bond donors (Lipinski definition) is 0. The molecule has 1 atom stereocenters. The molecular formula is C18H25NO3. The third-order valence-electron chi connectivity index (χ3n) is 4.84. The Hall–Kier alpha value is -1.39. The first kappa shape index (κ1) is 15.5. The zero-order valence-electron chi connectivity index (χ0n) is 13.5. The first-order valence-corrected chi connectivity index (χ1v) is 8.24. The summed E-state index contributed by atoms with van der Waals surface area (Å²) in [5.41, 5.74) is 3.10. The van der Waals surface area contributed by atoms with Crippen molar-refractivity contribution in [2.75, 3.05) is 26.3 Å². The summed E-state index contributed by atoms with van der Waals surface area (Å²) in [6, 6.07) is 5.95. The lowest BCUT2D eigenvalue weighted by atomic mass is 10.0. The van der Waals surface area contributed by atoms with Gasteiger partial charge in [-0.3, -0.25) is 4.79 Å². The van der Waals surface area contributed by atoms with Crippen LogP contribution in [0, 0.1) is 13.8 Å². The van der Waals surface area contributed by atoms with Crippen LogP contribution in [0.25, 0.3) is 0 Å². The fourth-order valence-corrected chi connectivity index (χ4v) is 3.24. The van der Waals surface area contributed by atoms with Gasteiger partial charge < -0.3 is 14.4 Å². The van der Waals surface area contributed by atoms with Gasteiger partial charge in [-0.25, -0.2) is 0 Å². The Morgan fingerprint density at radius 2 is 1.95 bits per heavy atom. The fraction of sp³-hybridized carbons (Fsp3) is 0.611. The molecule has 0 bridgehead atoms. The van der Waals surface area contributed by atoms with Gasteiger partial charge in [-0.05, 0) is 50.3 Å². The number of carbonyl (C=O) groups is 1. The lowest BCUT2D eigenvalue weighted by Crippen LogP contribution is -2.42. The second-order valence-corrected chi connectivity index (χ2v) is 6.36. The molecule has 2 aliphatic rings. The van der Waals surface area contributed by atoms with E-state index in [1.54, 1.807) is 0 Å². The summed E-state index contributed by atoms with van der Waals surface area (Å²) >= 11 is 0. The summed E-state index contributed by atoms with van der Waals surface area (Å²) in [6.07, 6.45) is 3.38. The maximum Gasteiger partial charge on any atom is 0.254 e. The molecule has 0 aliphatic carbocycles. The van der Waals surface area contributed by atoms with Gasteiger partial charge in [0.15, 0.2) is 0 Å². The summed E-state index contributed by atoms with van der Waals surface area (Å²) in [4.78, 5) is 14.7. The highest BCUT2D eigenvalue weighted by molar-refractivity contribution is 5.96. The van der Waals surface area contributed by atoms with E-state index in [2.05, 4.69) is 13.0 Å². The molecule has 0 unspecified atom stereocenters. The van der Waals surface area contributed by atoms with Gasteiger partial charge in [0.1, 0.15) is 0 Å². The Morgan fingerprint density at radius 1 is 1.18 bits per heavy atom. The number of piperidine rings is 1. The first-order valence-electron chi connectivity index (χ1n) is 8.24. The van der Waals surface area contributed by atoms with Crippen LogP contribution in [-0.4, -0.2) is 49.3 Å². The van der Waals surface area contributed by atoms with Crippen molar-refractivity contribution in [3.63, 3.8) is 0 Å². The van der Waals surface area contributed by atoms with Crippen LogP contribution in [0.15, 0.2) is 18.2 Å². The van der Waals surface area contributed by atoms with E-state index in [1.807, 2.05) is 24.0 Å². The summed E-state index contributed by atoms with van der Waals surface area (Å²) in [5.74, 6) is 0.156. The molecule has 1 aromatic carbocycles. The molecule has 2 heterocycles. The highest BCUT2D eigenvalue weighted by Crippen LogP contribution is 2.22. The number of nitrogens with zero attached hydrogens (tertiary/aromatic N) is 1. The lowest BCUT2D eigenvalue weighted by molar-refractivity contribution is -0.0408. The average Bonchev–Trinajstić information content (AvgIpc) is 3.03. The van der Waals surface area contributed by atoms with Gasteiger partial charge in [0, 0.05) is 25.3 Å². The van der Waals surface area contributed by atoms with Crippen LogP contribution in [-0.2, 0) is 9.47 Å². The van der Waals surface area contributed by atoms with Crippen molar-refractivity contribution in [1.29, 1.82) is 0 Å². The Morgan fingerprint density at radius 3 is 2.64 bits per heavy atom. The van der Waals surface area contributed by atoms with E-state index in [1.165, 1.54) is 5.56 Å². The molecule has 2 saturated heterocycles. The van der Waals surface area contributed by atoms with Crippen LogP contribution in [0.1, 0.15) is 40.7 Å². The Kier molecular flexibility index (Phi) is 4.79. The van der Waals surface area contributed by atoms with Crippen LogP contribution in [0.3, 0.4) is 0 Å². The second kappa shape index (κ2) is 6.80. The summed E-state index contributed by atoms with van der Waals surface area (Å²) in [7, 11) is 0. The molecule has 1 aromatic rings. The first-order chi connectivity index (χ1) is 10.6. The monoisotopic (exact) mass is 303 g/mol. The van der Waals surface area contributed by atoms with Gasteiger partial charge in [-0.15, -0.1) is 0 Å². The minimum atomic E-state index is 0.156. The van der Waals surface area contributed by atoms with Crippen molar-refractivity contribution in [2.45, 2.75) is 45.3 Å². The third-order valence-corrected chi connectivity index (χ3v) is 4.84. The standard InChI is InChI=1S/C18H25NO3/c1-13-4-3-5-17(14(13)2)18(20)19-9-6-15(7-10-19)22-16-8-11-21-12-16/h3-5,15-16H,6-12H2,1-2H3/t16-/m0/s1. The van der Waals surface area contributed by atoms with Gasteiger partial charge in [0.25, 0.3) is 5.91 Å². The molecule has 120 valence electrons. The van der Waals surface area contributed by atoms with Crippen LogP contribution in [0.4, 0.5) is 0 Å². The molecule has 0 saturated carbocycles. The zero-order chi connectivity index (χ0) is 15.5. The number of ether oxygens (including phenoxy) is 2. The van der Waals surface area contributed by atoms with E-state index in [9.17, 15) is 4.79 Å². The Bertz CT molecular complexity index is 529. The number of carbonyl (C=O) groups excluding carboxylic acids is 1. The molecule has 0 aromatic heterocycles. The van der Waals surface area contributed by atoms with E-state index in [0.29, 0.717) is 0 Å². The number of aryl methyl sites for hydroxylation is 1. The van der Waals surface area contributed by atoms with Crippen LogP contribution >= 0.6 is 0 Å². The predicted octanol–water partition coefficient (Wildman–Crippen LogP) is 2.71. The van der Waals surface area contributed by atoms with Crippen LogP contribution in [0.5, 0.6) is 0 Å². The summed E-state index contributed by atoms with van der Waals surface area (Å²) in [6.45, 7) is 7.18. The summed E-state index contributed by atoms with van der Waals surface area (Å²) in [5, 5.41) is 0. The number of benzene rings is 1. The largest absolute Gasteiger partial charge is 0.379 e. The second-order valence-electron chi connectivity index (χ2n) is 6.36. The van der Waals surface area contributed by atoms with Crippen molar-refractivity contribution < 1.29 is 14.3 Å². The van der Waals surface area contributed by atoms with Crippen molar-refractivity contribution in [2.24, 2.45) is 0 Å². The fourth-order valence-electron chi connectivity index (χ4n) is 3.24. The molecule has 0 spiro atoms. The molecule has 0 N–H and O–H groups in total. The highest BCUT2D eigenvalue weighted by Gasteiger charge is 2.27. The molecular weight excluding hydrogens is 278 g/mol. The zero-order valence-corrected chi connectivity index (χ0v) is 13.5. The van der Waals surface area contributed by atoms with Gasteiger partial charge >= 0.3 is 0 Å². The molecule has 4 nitrogen and oxygen atoms in total. The van der Waals surface area contributed by atoms with Gasteiger partial charge in [-0.2, -0.15) is 0 Å². The van der Waals surface area contributed by atoms with Crippen LogP contribution in [0.2, 0.25) is 0 Å². The third kappa shape index (κ3) is 3.33. The van der Waals surface area contributed by atoms with E-state index >= 15 is 0 Å². The predicted molar refractivity (Wildman–Crippen MR) is 85.2 cm³/mol. The maximum atomic E-state index is 12.7. The normalized spacial score (nSPS) is 23.0. The molecule has 0 radical (unpaired) electrons. The minimum Gasteiger partial charge on any atom is -0.379 e. The lowest BCUT2D eigenvalue weighted by Gasteiger charge is -2.33. The van der Waals surface area contributed by atoms with E-state index < -0.39 is 0 Å². The van der Waals surface area contributed by atoms with Gasteiger partial charge in [0.2, 0.25) is 0 Å². The molecule has 22 heavy (non-hydrogen) atoms. The maximum absolute atomic E-state index is 12.7. The van der Waals surface area contributed by atoms with Crippen molar-refractivity contribution in [3.8, 4) is 0 Å². The van der Waals surface area contributed by atoms with Gasteiger partial charge in [0.05, 0.1) is 18.8 Å². The number of rotatable bonds is 3. The Labute approximate surface area is 132 Å². The van der Waals surface area contributed by atoms with E-state index in [-0.39, 0.29) is 18.1 Å². The quantitative estimate of drug-likeness (QED) is 0.862. The van der Waals surface area contributed by atoms with Crippen LogP contribution < -0.4 is 0 Å². The molecule has 1 amide bonds.